The smallest absolute Gasteiger partial charge is 0.174 e. The van der Waals surface area contributed by atoms with E-state index in [4.69, 9.17) is 5.26 Å². The molecule has 0 aromatic heterocycles. The molecule has 0 bridgehead atoms. The zero-order valence-corrected chi connectivity index (χ0v) is 7.14. The molecule has 0 N–H and O–H groups in total. The number of rotatable bonds is 0. The fourth-order valence-electron chi connectivity index (χ4n) is 1.09. The van der Waals surface area contributed by atoms with Gasteiger partial charge in [0, 0.05) is 5.75 Å². The van der Waals surface area contributed by atoms with Crippen LogP contribution in [0.15, 0.2) is 29.3 Å². The van der Waals surface area contributed by atoms with Gasteiger partial charge in [-0.2, -0.15) is 5.26 Å². The second kappa shape index (κ2) is 3.00. The minimum Gasteiger partial charge on any atom is -0.230 e. The van der Waals surface area contributed by atoms with Crippen molar-refractivity contribution in [1.82, 2.24) is 0 Å². The Labute approximate surface area is 74.9 Å². The van der Waals surface area contributed by atoms with Crippen molar-refractivity contribution in [3.63, 3.8) is 0 Å². The number of benzene rings is 1. The average Bonchev–Trinajstić information content (AvgIpc) is 2.17. The lowest BCUT2D eigenvalue weighted by atomic mass is 10.2. The van der Waals surface area contributed by atoms with Gasteiger partial charge in [-0.25, -0.2) is 4.99 Å². The van der Waals surface area contributed by atoms with Crippen LogP contribution in [-0.2, 0) is 5.75 Å². The molecule has 2 nitrogen and oxygen atoms in total. The molecule has 0 spiro atoms. The van der Waals surface area contributed by atoms with Gasteiger partial charge in [-0.1, -0.05) is 30.0 Å². The van der Waals surface area contributed by atoms with Crippen molar-refractivity contribution in [1.29, 1.82) is 5.26 Å². The molecule has 0 aliphatic carbocycles. The van der Waals surface area contributed by atoms with Crippen LogP contribution >= 0.6 is 11.8 Å². The van der Waals surface area contributed by atoms with Crippen LogP contribution in [0.1, 0.15) is 5.56 Å². The molecule has 3 heteroatoms. The van der Waals surface area contributed by atoms with Crippen LogP contribution in [0, 0.1) is 11.3 Å². The first kappa shape index (κ1) is 7.38. The number of thioether (sulfide) groups is 1. The van der Waals surface area contributed by atoms with Crippen LogP contribution in [0.25, 0.3) is 0 Å². The molecule has 58 valence electrons. The Morgan fingerprint density at radius 3 is 3.08 bits per heavy atom. The molecule has 0 fully saturated rings. The molecule has 12 heavy (non-hydrogen) atoms. The van der Waals surface area contributed by atoms with Crippen molar-refractivity contribution in [2.75, 3.05) is 0 Å². The highest BCUT2D eigenvalue weighted by Gasteiger charge is 2.10. The van der Waals surface area contributed by atoms with Crippen LogP contribution in [0.4, 0.5) is 5.69 Å². The minimum atomic E-state index is 0.564. The molecule has 1 heterocycles. The summed E-state index contributed by atoms with van der Waals surface area (Å²) in [6.45, 7) is 0. The lowest BCUT2D eigenvalue weighted by molar-refractivity contribution is 1.35. The standard InChI is InChI=1S/C9H6N2S/c10-5-9-11-8-4-2-1-3-7(8)6-12-9/h1-4H,6H2. The first-order chi connectivity index (χ1) is 5.90. The van der Waals surface area contributed by atoms with Gasteiger partial charge in [-0.05, 0) is 11.6 Å². The van der Waals surface area contributed by atoms with Gasteiger partial charge in [0.25, 0.3) is 0 Å². The van der Waals surface area contributed by atoms with E-state index >= 15 is 0 Å². The summed E-state index contributed by atoms with van der Waals surface area (Å²) >= 11 is 1.49. The van der Waals surface area contributed by atoms with Gasteiger partial charge in [0.15, 0.2) is 5.04 Å². The summed E-state index contributed by atoms with van der Waals surface area (Å²) in [7, 11) is 0. The summed E-state index contributed by atoms with van der Waals surface area (Å²) < 4.78 is 0. The Morgan fingerprint density at radius 2 is 2.25 bits per heavy atom. The van der Waals surface area contributed by atoms with Crippen molar-refractivity contribution >= 4 is 22.5 Å². The average molecular weight is 174 g/mol. The van der Waals surface area contributed by atoms with Crippen LogP contribution < -0.4 is 0 Å². The Kier molecular flexibility index (Phi) is 1.84. The number of hydrogen-bond donors (Lipinski definition) is 0. The number of nitrogens with zero attached hydrogens (tertiary/aromatic N) is 2. The summed E-state index contributed by atoms with van der Waals surface area (Å²) in [5.41, 5.74) is 2.15. The molecule has 2 rings (SSSR count). The first-order valence-electron chi connectivity index (χ1n) is 3.59. The van der Waals surface area contributed by atoms with Gasteiger partial charge in [0.2, 0.25) is 0 Å². The molecule has 1 aromatic rings. The van der Waals surface area contributed by atoms with E-state index in [0.717, 1.165) is 11.4 Å². The van der Waals surface area contributed by atoms with Crippen LogP contribution in [0.3, 0.4) is 0 Å². The first-order valence-corrected chi connectivity index (χ1v) is 4.58. The summed E-state index contributed by atoms with van der Waals surface area (Å²) in [6.07, 6.45) is 0. The highest BCUT2D eigenvalue weighted by atomic mass is 32.2. The Hall–Kier alpha value is -1.27. The molecular weight excluding hydrogens is 168 g/mol. The lowest BCUT2D eigenvalue weighted by Gasteiger charge is -2.09. The lowest BCUT2D eigenvalue weighted by Crippen LogP contribution is -1.95. The third-order valence-corrected chi connectivity index (χ3v) is 2.58. The third-order valence-electron chi connectivity index (χ3n) is 1.67. The molecule has 1 aromatic carbocycles. The van der Waals surface area contributed by atoms with Gasteiger partial charge in [-0.3, -0.25) is 0 Å². The van der Waals surface area contributed by atoms with E-state index in [1.165, 1.54) is 17.3 Å². The van der Waals surface area contributed by atoms with Crippen molar-refractivity contribution in [3.05, 3.63) is 29.8 Å². The Balaban J connectivity index is 2.49. The number of hydrogen-bond acceptors (Lipinski definition) is 3. The van der Waals surface area contributed by atoms with Crippen LogP contribution in [0.2, 0.25) is 0 Å². The zero-order valence-electron chi connectivity index (χ0n) is 6.32. The van der Waals surface area contributed by atoms with Crippen LogP contribution in [0.5, 0.6) is 0 Å². The van der Waals surface area contributed by atoms with Gasteiger partial charge in [-0.15, -0.1) is 0 Å². The van der Waals surface area contributed by atoms with E-state index < -0.39 is 0 Å². The van der Waals surface area contributed by atoms with Crippen LogP contribution in [-0.4, -0.2) is 5.04 Å². The van der Waals surface area contributed by atoms with Gasteiger partial charge >= 0.3 is 0 Å². The second-order valence-electron chi connectivity index (χ2n) is 2.45. The van der Waals surface area contributed by atoms with Crippen molar-refractivity contribution in [3.8, 4) is 6.07 Å². The summed E-state index contributed by atoms with van der Waals surface area (Å²) in [5.74, 6) is 0.864. The molecule has 1 aliphatic heterocycles. The van der Waals surface area contributed by atoms with Crippen molar-refractivity contribution in [2.45, 2.75) is 5.75 Å². The molecule has 0 saturated carbocycles. The quantitative estimate of drug-likeness (QED) is 0.605. The fourth-order valence-corrected chi connectivity index (χ4v) is 1.85. The molecule has 0 radical (unpaired) electrons. The predicted octanol–water partition coefficient (Wildman–Crippen LogP) is 2.49. The largest absolute Gasteiger partial charge is 0.230 e. The van der Waals surface area contributed by atoms with Gasteiger partial charge < -0.3 is 0 Å². The highest BCUT2D eigenvalue weighted by Crippen LogP contribution is 2.29. The highest BCUT2D eigenvalue weighted by molar-refractivity contribution is 8.13. The third kappa shape index (κ3) is 1.21. The van der Waals surface area contributed by atoms with Crippen molar-refractivity contribution in [2.24, 2.45) is 4.99 Å². The van der Waals surface area contributed by atoms with Crippen molar-refractivity contribution < 1.29 is 0 Å². The minimum absolute atomic E-state index is 0.564. The van der Waals surface area contributed by atoms with Gasteiger partial charge in [0.1, 0.15) is 6.07 Å². The maximum Gasteiger partial charge on any atom is 0.174 e. The molecular formula is C9H6N2S. The van der Waals surface area contributed by atoms with E-state index in [1.54, 1.807) is 0 Å². The monoisotopic (exact) mass is 174 g/mol. The van der Waals surface area contributed by atoms with E-state index in [9.17, 15) is 0 Å². The molecule has 0 atom stereocenters. The SMILES string of the molecule is N#CC1=Nc2ccccc2CS1. The maximum atomic E-state index is 8.61. The Morgan fingerprint density at radius 1 is 1.42 bits per heavy atom. The van der Waals surface area contributed by atoms with E-state index in [1.807, 2.05) is 24.3 Å². The summed E-state index contributed by atoms with van der Waals surface area (Å²) in [5, 5.41) is 9.18. The fraction of sp³-hybridized carbons (Fsp3) is 0.111. The molecule has 1 aliphatic rings. The predicted molar refractivity (Wildman–Crippen MR) is 50.4 cm³/mol. The number of fused-ring (bicyclic) bond motifs is 1. The zero-order chi connectivity index (χ0) is 8.39. The maximum absolute atomic E-state index is 8.61. The molecule has 0 unspecified atom stereocenters. The number of aliphatic imine (C=N–C) groups is 1. The Bertz CT molecular complexity index is 376. The normalized spacial score (nSPS) is 14.4. The summed E-state index contributed by atoms with van der Waals surface area (Å²) in [6, 6.07) is 9.97. The number of para-hydroxylation sites is 1. The van der Waals surface area contributed by atoms with E-state index in [2.05, 4.69) is 11.1 Å². The topological polar surface area (TPSA) is 36.1 Å². The molecule has 0 amide bonds. The summed E-state index contributed by atoms with van der Waals surface area (Å²) in [4.78, 5) is 4.18. The van der Waals surface area contributed by atoms with E-state index in [0.29, 0.717) is 5.04 Å². The van der Waals surface area contributed by atoms with Gasteiger partial charge in [0.05, 0.1) is 5.69 Å². The van der Waals surface area contributed by atoms with E-state index in [-0.39, 0.29) is 0 Å². The number of nitriles is 1. The second-order valence-corrected chi connectivity index (χ2v) is 3.41. The molecule has 0 saturated heterocycles.